The van der Waals surface area contributed by atoms with E-state index in [-0.39, 0.29) is 17.7 Å². The molecule has 0 N–H and O–H groups in total. The van der Waals surface area contributed by atoms with Crippen LogP contribution in [0, 0.1) is 0 Å². The maximum Gasteiger partial charge on any atom is 0.293 e. The lowest BCUT2D eigenvalue weighted by molar-refractivity contribution is -0.123. The molecule has 146 valence electrons. The highest BCUT2D eigenvalue weighted by molar-refractivity contribution is 9.10. The Bertz CT molecular complexity index is 1160. The van der Waals surface area contributed by atoms with Crippen molar-refractivity contribution < 1.29 is 14.0 Å². The minimum Gasteiger partial charge on any atom is -0.457 e. The Morgan fingerprint density at radius 1 is 1.07 bits per heavy atom. The van der Waals surface area contributed by atoms with E-state index in [0.29, 0.717) is 32.0 Å². The monoisotopic (exact) mass is 507 g/mol. The van der Waals surface area contributed by atoms with E-state index in [1.807, 2.05) is 24.3 Å². The fraction of sp³-hybridized carbons (Fsp3) is 0.0476. The van der Waals surface area contributed by atoms with E-state index in [0.717, 1.165) is 21.8 Å². The Morgan fingerprint density at radius 2 is 1.90 bits per heavy atom. The molecule has 4 nitrogen and oxygen atoms in total. The number of halogens is 3. The number of furan rings is 1. The van der Waals surface area contributed by atoms with E-state index >= 15 is 0 Å². The van der Waals surface area contributed by atoms with Crippen molar-refractivity contribution in [2.75, 3.05) is 0 Å². The standard InChI is InChI=1S/C21H12BrCl2NO3S/c22-13-3-1-2-12(8-13)11-25-20(26)19(29-21(25)27)10-15-5-7-18(28-15)16-9-14(23)4-6-17(16)24/h1-10H,11H2/b19-10+. The summed E-state index contributed by atoms with van der Waals surface area (Å²) < 4.78 is 6.69. The van der Waals surface area contributed by atoms with Crippen LogP contribution in [0.15, 0.2) is 68.4 Å². The van der Waals surface area contributed by atoms with E-state index in [2.05, 4.69) is 15.9 Å². The van der Waals surface area contributed by atoms with Crippen LogP contribution in [0.1, 0.15) is 11.3 Å². The smallest absolute Gasteiger partial charge is 0.293 e. The van der Waals surface area contributed by atoms with E-state index in [1.165, 1.54) is 4.90 Å². The second-order valence-electron chi connectivity index (χ2n) is 6.22. The van der Waals surface area contributed by atoms with Crippen LogP contribution in [0.5, 0.6) is 0 Å². The van der Waals surface area contributed by atoms with Gasteiger partial charge in [0, 0.05) is 21.1 Å². The molecule has 2 aromatic carbocycles. The van der Waals surface area contributed by atoms with Crippen molar-refractivity contribution in [3.05, 3.63) is 85.3 Å². The van der Waals surface area contributed by atoms with E-state index in [1.54, 1.807) is 36.4 Å². The zero-order chi connectivity index (χ0) is 20.5. The first-order valence-electron chi connectivity index (χ1n) is 8.46. The van der Waals surface area contributed by atoms with Gasteiger partial charge in [-0.15, -0.1) is 0 Å². The van der Waals surface area contributed by atoms with Crippen LogP contribution >= 0.6 is 50.9 Å². The SMILES string of the molecule is O=C1S/C(=C/c2ccc(-c3cc(Cl)ccc3Cl)o2)C(=O)N1Cc1cccc(Br)c1. The molecule has 0 spiro atoms. The molecule has 2 amide bonds. The van der Waals surface area contributed by atoms with Crippen LogP contribution in [-0.4, -0.2) is 16.0 Å². The fourth-order valence-electron chi connectivity index (χ4n) is 2.84. The van der Waals surface area contributed by atoms with Gasteiger partial charge in [0.15, 0.2) is 0 Å². The minimum atomic E-state index is -0.348. The van der Waals surface area contributed by atoms with Gasteiger partial charge in [-0.3, -0.25) is 14.5 Å². The highest BCUT2D eigenvalue weighted by atomic mass is 79.9. The molecule has 0 saturated carbocycles. The van der Waals surface area contributed by atoms with Crippen molar-refractivity contribution in [3.63, 3.8) is 0 Å². The van der Waals surface area contributed by atoms with Crippen molar-refractivity contribution in [1.82, 2.24) is 4.90 Å². The van der Waals surface area contributed by atoms with Gasteiger partial charge in [0.1, 0.15) is 11.5 Å². The summed E-state index contributed by atoms with van der Waals surface area (Å²) in [4.78, 5) is 26.6. The normalized spacial score (nSPS) is 15.6. The van der Waals surface area contributed by atoms with Gasteiger partial charge in [-0.25, -0.2) is 0 Å². The van der Waals surface area contributed by atoms with Gasteiger partial charge < -0.3 is 4.42 Å². The van der Waals surface area contributed by atoms with Gasteiger partial charge in [-0.1, -0.05) is 51.3 Å². The molecule has 8 heteroatoms. The van der Waals surface area contributed by atoms with Crippen LogP contribution in [0.4, 0.5) is 4.79 Å². The summed E-state index contributed by atoms with van der Waals surface area (Å²) in [6.45, 7) is 0.211. The number of amides is 2. The molecule has 1 aliphatic heterocycles. The van der Waals surface area contributed by atoms with E-state index in [9.17, 15) is 9.59 Å². The average molecular weight is 509 g/mol. The largest absolute Gasteiger partial charge is 0.457 e. The zero-order valence-electron chi connectivity index (χ0n) is 14.7. The summed E-state index contributed by atoms with van der Waals surface area (Å²) in [5.74, 6) is 0.625. The third kappa shape index (κ3) is 4.46. The zero-order valence-corrected chi connectivity index (χ0v) is 18.6. The molecule has 4 rings (SSSR count). The first-order valence-corrected chi connectivity index (χ1v) is 10.8. The second kappa shape index (κ2) is 8.40. The number of hydrogen-bond donors (Lipinski definition) is 0. The van der Waals surface area contributed by atoms with Crippen LogP contribution in [0.3, 0.4) is 0 Å². The third-order valence-corrected chi connectivity index (χ3v) is 6.16. The van der Waals surface area contributed by atoms with Gasteiger partial charge >= 0.3 is 0 Å². The summed E-state index contributed by atoms with van der Waals surface area (Å²) in [6, 6.07) is 16.0. The van der Waals surface area contributed by atoms with Crippen LogP contribution in [0.2, 0.25) is 10.0 Å². The van der Waals surface area contributed by atoms with Crippen molar-refractivity contribution in [2.45, 2.75) is 6.54 Å². The van der Waals surface area contributed by atoms with Crippen LogP contribution in [0.25, 0.3) is 17.4 Å². The summed E-state index contributed by atoms with van der Waals surface area (Å²) in [6.07, 6.45) is 1.56. The van der Waals surface area contributed by atoms with Crippen molar-refractivity contribution >= 4 is 68.1 Å². The van der Waals surface area contributed by atoms with Crippen molar-refractivity contribution in [2.24, 2.45) is 0 Å². The molecule has 1 fully saturated rings. The number of imide groups is 1. The van der Waals surface area contributed by atoms with Crippen LogP contribution in [-0.2, 0) is 11.3 Å². The first-order chi connectivity index (χ1) is 13.9. The van der Waals surface area contributed by atoms with Gasteiger partial charge in [0.2, 0.25) is 0 Å². The Kier molecular flexibility index (Phi) is 5.88. The highest BCUT2D eigenvalue weighted by Crippen LogP contribution is 2.36. The molecule has 0 radical (unpaired) electrons. The maximum absolute atomic E-state index is 12.7. The fourth-order valence-corrected chi connectivity index (χ4v) is 4.49. The highest BCUT2D eigenvalue weighted by Gasteiger charge is 2.35. The molecule has 0 aliphatic carbocycles. The Labute approximate surface area is 189 Å². The second-order valence-corrected chi connectivity index (χ2v) is 8.98. The van der Waals surface area contributed by atoms with Gasteiger partial charge in [-0.05, 0) is 59.8 Å². The lowest BCUT2D eigenvalue weighted by atomic mass is 10.2. The topological polar surface area (TPSA) is 50.5 Å². The number of carbonyl (C=O) groups is 2. The Hall–Kier alpha value is -1.99. The van der Waals surface area contributed by atoms with Crippen molar-refractivity contribution in [1.29, 1.82) is 0 Å². The van der Waals surface area contributed by atoms with Gasteiger partial charge in [0.25, 0.3) is 11.1 Å². The maximum atomic E-state index is 12.7. The molecule has 0 bridgehead atoms. The van der Waals surface area contributed by atoms with E-state index in [4.69, 9.17) is 27.6 Å². The molecule has 2 heterocycles. The molecule has 0 atom stereocenters. The van der Waals surface area contributed by atoms with Gasteiger partial charge in [0.05, 0.1) is 16.5 Å². The summed E-state index contributed by atoms with van der Waals surface area (Å²) in [5, 5.41) is 0.728. The summed E-state index contributed by atoms with van der Waals surface area (Å²) in [7, 11) is 0. The van der Waals surface area contributed by atoms with E-state index < -0.39 is 0 Å². The van der Waals surface area contributed by atoms with Crippen LogP contribution < -0.4 is 0 Å². The predicted octanol–water partition coefficient (Wildman–Crippen LogP) is 7.25. The van der Waals surface area contributed by atoms with Crippen molar-refractivity contribution in [3.8, 4) is 11.3 Å². The first kappa shape index (κ1) is 20.3. The molecular formula is C21H12BrCl2NO3S. The quantitative estimate of drug-likeness (QED) is 0.348. The number of carbonyl (C=O) groups excluding carboxylic acids is 2. The summed E-state index contributed by atoms with van der Waals surface area (Å²) in [5.41, 5.74) is 1.51. The minimum absolute atomic E-state index is 0.211. The number of hydrogen-bond acceptors (Lipinski definition) is 4. The molecule has 1 saturated heterocycles. The average Bonchev–Trinajstić information content (AvgIpc) is 3.24. The molecule has 29 heavy (non-hydrogen) atoms. The number of nitrogens with zero attached hydrogens (tertiary/aromatic N) is 1. The third-order valence-electron chi connectivity index (χ3n) is 4.20. The number of benzene rings is 2. The lowest BCUT2D eigenvalue weighted by Gasteiger charge is -2.12. The Morgan fingerprint density at radius 3 is 2.69 bits per heavy atom. The number of thioether (sulfide) groups is 1. The lowest BCUT2D eigenvalue weighted by Crippen LogP contribution is -2.27. The molecular weight excluding hydrogens is 497 g/mol. The molecule has 3 aromatic rings. The summed E-state index contributed by atoms with van der Waals surface area (Å²) >= 11 is 16.5. The predicted molar refractivity (Wildman–Crippen MR) is 120 cm³/mol. The Balaban J connectivity index is 1.56. The molecule has 1 aromatic heterocycles. The molecule has 1 aliphatic rings. The number of rotatable bonds is 4. The van der Waals surface area contributed by atoms with Gasteiger partial charge in [-0.2, -0.15) is 0 Å². The molecule has 0 unspecified atom stereocenters.